The second-order valence-corrected chi connectivity index (χ2v) is 5.70. The lowest BCUT2D eigenvalue weighted by Crippen LogP contribution is -2.23. The fourth-order valence-corrected chi connectivity index (χ4v) is 3.03. The second-order valence-electron chi connectivity index (χ2n) is 4.75. The molecule has 6 heteroatoms. The summed E-state index contributed by atoms with van der Waals surface area (Å²) in [5.41, 5.74) is 0.788. The molecule has 5 nitrogen and oxygen atoms in total. The minimum Gasteiger partial charge on any atom is -0.503 e. The molecule has 1 aromatic carbocycles. The van der Waals surface area contributed by atoms with Gasteiger partial charge in [0.15, 0.2) is 5.76 Å². The number of hydrogen-bond acceptors (Lipinski definition) is 5. The number of aliphatic hydroxyl groups is 1. The first-order valence-electron chi connectivity index (χ1n) is 6.58. The van der Waals surface area contributed by atoms with E-state index in [1.807, 2.05) is 0 Å². The molecular formula is C16H13NO4S. The molecule has 1 aliphatic heterocycles. The van der Waals surface area contributed by atoms with E-state index in [1.54, 1.807) is 48.9 Å². The zero-order valence-corrected chi connectivity index (χ0v) is 12.5. The van der Waals surface area contributed by atoms with Crippen molar-refractivity contribution in [2.75, 3.05) is 7.11 Å². The Labute approximate surface area is 130 Å². The monoisotopic (exact) mass is 315 g/mol. The van der Waals surface area contributed by atoms with Crippen molar-refractivity contribution in [1.82, 2.24) is 5.32 Å². The van der Waals surface area contributed by atoms with E-state index in [1.165, 1.54) is 11.3 Å². The molecule has 1 unspecified atom stereocenters. The molecule has 22 heavy (non-hydrogen) atoms. The lowest BCUT2D eigenvalue weighted by molar-refractivity contribution is -0.119. The average molecular weight is 315 g/mol. The highest BCUT2D eigenvalue weighted by molar-refractivity contribution is 7.12. The molecule has 3 rings (SSSR count). The first kappa shape index (κ1) is 14.3. The van der Waals surface area contributed by atoms with Gasteiger partial charge in [0.05, 0.1) is 23.6 Å². The molecule has 1 aromatic heterocycles. The molecular weight excluding hydrogens is 302 g/mol. The molecule has 2 aromatic rings. The lowest BCUT2D eigenvalue weighted by atomic mass is 9.96. The quantitative estimate of drug-likeness (QED) is 0.851. The van der Waals surface area contributed by atoms with Crippen LogP contribution >= 0.6 is 11.3 Å². The van der Waals surface area contributed by atoms with Crippen molar-refractivity contribution in [1.29, 1.82) is 0 Å². The number of nitrogens with one attached hydrogen (secondary N) is 1. The predicted octanol–water partition coefficient (Wildman–Crippen LogP) is 2.62. The van der Waals surface area contributed by atoms with Crippen LogP contribution in [-0.2, 0) is 4.79 Å². The van der Waals surface area contributed by atoms with Crippen LogP contribution in [0.25, 0.3) is 0 Å². The van der Waals surface area contributed by atoms with Crippen molar-refractivity contribution >= 4 is 23.0 Å². The Morgan fingerprint density at radius 3 is 2.59 bits per heavy atom. The highest BCUT2D eigenvalue weighted by Gasteiger charge is 2.37. The van der Waals surface area contributed by atoms with Gasteiger partial charge in [0.25, 0.3) is 5.91 Å². The number of amides is 1. The summed E-state index contributed by atoms with van der Waals surface area (Å²) in [5, 5.41) is 14.4. The molecule has 0 radical (unpaired) electrons. The van der Waals surface area contributed by atoms with E-state index < -0.39 is 17.7 Å². The Kier molecular flexibility index (Phi) is 3.68. The van der Waals surface area contributed by atoms with Crippen molar-refractivity contribution in [2.24, 2.45) is 0 Å². The Balaban J connectivity index is 2.00. The van der Waals surface area contributed by atoms with Gasteiger partial charge in [0.2, 0.25) is 5.78 Å². The minimum atomic E-state index is -0.659. The summed E-state index contributed by atoms with van der Waals surface area (Å²) in [7, 11) is 1.56. The molecule has 0 spiro atoms. The normalized spacial score (nSPS) is 17.5. The van der Waals surface area contributed by atoms with E-state index in [4.69, 9.17) is 4.74 Å². The predicted molar refractivity (Wildman–Crippen MR) is 82.2 cm³/mol. The summed E-state index contributed by atoms with van der Waals surface area (Å²) in [6, 6.07) is 9.75. The number of carbonyl (C=O) groups excluding carboxylic acids is 2. The van der Waals surface area contributed by atoms with Crippen molar-refractivity contribution in [3.8, 4) is 5.75 Å². The van der Waals surface area contributed by atoms with Gasteiger partial charge in [-0.2, -0.15) is 0 Å². The van der Waals surface area contributed by atoms with Crippen molar-refractivity contribution < 1.29 is 19.4 Å². The number of Topliss-reactive ketones (excluding diaryl/α,β-unsaturated/α-hetero) is 1. The smallest absolute Gasteiger partial charge is 0.287 e. The van der Waals surface area contributed by atoms with Gasteiger partial charge in [-0.15, -0.1) is 11.3 Å². The third-order valence-electron chi connectivity index (χ3n) is 3.47. The number of benzene rings is 1. The van der Waals surface area contributed by atoms with Crippen LogP contribution in [0.4, 0.5) is 0 Å². The summed E-state index contributed by atoms with van der Waals surface area (Å²) >= 11 is 1.27. The van der Waals surface area contributed by atoms with Gasteiger partial charge in [0.1, 0.15) is 5.75 Å². The zero-order valence-electron chi connectivity index (χ0n) is 11.7. The number of thiophene rings is 1. The summed E-state index contributed by atoms with van der Waals surface area (Å²) in [5.74, 6) is -0.820. The van der Waals surface area contributed by atoms with Crippen LogP contribution in [-0.4, -0.2) is 23.9 Å². The van der Waals surface area contributed by atoms with E-state index in [-0.39, 0.29) is 11.4 Å². The zero-order chi connectivity index (χ0) is 15.7. The first-order chi connectivity index (χ1) is 10.6. The average Bonchev–Trinajstić information content (AvgIpc) is 3.16. The second kappa shape index (κ2) is 5.65. The molecule has 0 aliphatic carbocycles. The lowest BCUT2D eigenvalue weighted by Gasteiger charge is -2.14. The van der Waals surface area contributed by atoms with Gasteiger partial charge < -0.3 is 15.2 Å². The first-order valence-corrected chi connectivity index (χ1v) is 7.46. The van der Waals surface area contributed by atoms with Crippen LogP contribution in [0.15, 0.2) is 53.1 Å². The fraction of sp³-hybridized carbons (Fsp3) is 0.125. The van der Waals surface area contributed by atoms with Crippen LogP contribution in [0.2, 0.25) is 0 Å². The third-order valence-corrected chi connectivity index (χ3v) is 4.34. The molecule has 1 amide bonds. The number of carbonyl (C=O) groups is 2. The molecule has 112 valence electrons. The van der Waals surface area contributed by atoms with E-state index in [2.05, 4.69) is 5.32 Å². The number of ether oxygens (including phenoxy) is 1. The van der Waals surface area contributed by atoms with Crippen LogP contribution in [0.1, 0.15) is 21.3 Å². The molecule has 0 bridgehead atoms. The maximum Gasteiger partial charge on any atom is 0.287 e. The van der Waals surface area contributed by atoms with Crippen molar-refractivity contribution in [2.45, 2.75) is 6.04 Å². The highest BCUT2D eigenvalue weighted by Crippen LogP contribution is 2.33. The van der Waals surface area contributed by atoms with Crippen LogP contribution in [0, 0.1) is 0 Å². The molecule has 0 saturated heterocycles. The maximum atomic E-state index is 12.5. The van der Waals surface area contributed by atoms with Gasteiger partial charge in [-0.25, -0.2) is 0 Å². The topological polar surface area (TPSA) is 75.6 Å². The summed E-state index contributed by atoms with van der Waals surface area (Å²) in [6.07, 6.45) is 0. The van der Waals surface area contributed by atoms with Crippen molar-refractivity contribution in [3.63, 3.8) is 0 Å². The molecule has 1 atom stereocenters. The Bertz CT molecular complexity index is 747. The van der Waals surface area contributed by atoms with Gasteiger partial charge in [-0.3, -0.25) is 9.59 Å². The van der Waals surface area contributed by atoms with E-state index in [9.17, 15) is 14.7 Å². The van der Waals surface area contributed by atoms with E-state index >= 15 is 0 Å². The number of hydrogen-bond donors (Lipinski definition) is 2. The van der Waals surface area contributed by atoms with Gasteiger partial charge in [0, 0.05) is 0 Å². The Morgan fingerprint density at radius 1 is 1.27 bits per heavy atom. The SMILES string of the molecule is COc1ccc(C2NC(=O)C(O)=C2C(=O)c2cccs2)cc1. The summed E-state index contributed by atoms with van der Waals surface area (Å²) in [6.45, 7) is 0. The van der Waals surface area contributed by atoms with Crippen molar-refractivity contribution in [3.05, 3.63) is 63.6 Å². The fourth-order valence-electron chi connectivity index (χ4n) is 2.36. The van der Waals surface area contributed by atoms with E-state index in [0.29, 0.717) is 16.2 Å². The molecule has 2 N–H and O–H groups in total. The van der Waals surface area contributed by atoms with Gasteiger partial charge in [-0.1, -0.05) is 18.2 Å². The largest absolute Gasteiger partial charge is 0.503 e. The maximum absolute atomic E-state index is 12.5. The number of methoxy groups -OCH3 is 1. The highest BCUT2D eigenvalue weighted by atomic mass is 32.1. The van der Waals surface area contributed by atoms with Crippen LogP contribution in [0.5, 0.6) is 5.75 Å². The number of aliphatic hydroxyl groups excluding tert-OH is 1. The van der Waals surface area contributed by atoms with Gasteiger partial charge >= 0.3 is 0 Å². The van der Waals surface area contributed by atoms with E-state index in [0.717, 1.165) is 0 Å². The Morgan fingerprint density at radius 2 is 2.00 bits per heavy atom. The molecule has 0 saturated carbocycles. The van der Waals surface area contributed by atoms with Crippen LogP contribution in [0.3, 0.4) is 0 Å². The molecule has 0 fully saturated rings. The van der Waals surface area contributed by atoms with Crippen LogP contribution < -0.4 is 10.1 Å². The summed E-state index contributed by atoms with van der Waals surface area (Å²) in [4.78, 5) is 24.8. The Hall–Kier alpha value is -2.60. The molecule has 2 heterocycles. The standard InChI is InChI=1S/C16H13NO4S/c1-21-10-6-4-9(5-7-10)13-12(15(19)16(20)17-13)14(18)11-3-2-8-22-11/h2-8,13,19H,1H3,(H,17,20). The molecule has 1 aliphatic rings. The minimum absolute atomic E-state index is 0.0811. The number of ketones is 1. The third kappa shape index (κ3) is 2.37. The number of rotatable bonds is 4. The summed E-state index contributed by atoms with van der Waals surface area (Å²) < 4.78 is 5.09. The van der Waals surface area contributed by atoms with Gasteiger partial charge in [-0.05, 0) is 29.1 Å².